The summed E-state index contributed by atoms with van der Waals surface area (Å²) in [6, 6.07) is 7.67. The minimum Gasteiger partial charge on any atom is -0.497 e. The summed E-state index contributed by atoms with van der Waals surface area (Å²) in [5, 5.41) is 4.09. The number of hydrogen-bond donors (Lipinski definition) is 0. The Labute approximate surface area is 153 Å². The molecule has 140 valence electrons. The molecule has 0 unspecified atom stereocenters. The smallest absolute Gasteiger partial charge is 0.247 e. The van der Waals surface area contributed by atoms with E-state index in [1.54, 1.807) is 47.1 Å². The summed E-state index contributed by atoms with van der Waals surface area (Å²) in [5.74, 6) is 0.544. The molecule has 2 aromatic rings. The number of methoxy groups -OCH3 is 1. The van der Waals surface area contributed by atoms with Gasteiger partial charge in [0.25, 0.3) is 0 Å². The monoisotopic (exact) mass is 378 g/mol. The molecule has 0 bridgehead atoms. The molecule has 9 heteroatoms. The zero-order valence-corrected chi connectivity index (χ0v) is 15.6. The third-order valence-electron chi connectivity index (χ3n) is 4.53. The van der Waals surface area contributed by atoms with Crippen molar-refractivity contribution in [2.45, 2.75) is 17.9 Å². The maximum Gasteiger partial charge on any atom is 0.247 e. The van der Waals surface area contributed by atoms with Gasteiger partial charge >= 0.3 is 0 Å². The van der Waals surface area contributed by atoms with E-state index in [0.717, 1.165) is 0 Å². The Kier molecular flexibility index (Phi) is 5.28. The normalized spacial score (nSPS) is 17.1. The van der Waals surface area contributed by atoms with E-state index in [0.29, 0.717) is 18.8 Å². The molecule has 0 saturated carbocycles. The van der Waals surface area contributed by atoms with Crippen LogP contribution >= 0.6 is 0 Å². The van der Waals surface area contributed by atoms with Gasteiger partial charge in [-0.2, -0.15) is 9.40 Å². The number of hydrogen-bond acceptors (Lipinski definition) is 5. The van der Waals surface area contributed by atoms with Crippen molar-refractivity contribution in [2.24, 2.45) is 0 Å². The zero-order chi connectivity index (χ0) is 18.7. The van der Waals surface area contributed by atoms with E-state index < -0.39 is 16.1 Å². The molecule has 1 saturated heterocycles. The van der Waals surface area contributed by atoms with Crippen LogP contribution in [0.1, 0.15) is 13.0 Å². The van der Waals surface area contributed by atoms with E-state index in [9.17, 15) is 13.2 Å². The van der Waals surface area contributed by atoms with Crippen molar-refractivity contribution in [2.75, 3.05) is 33.3 Å². The number of aromatic nitrogens is 2. The third kappa shape index (κ3) is 3.58. The van der Waals surface area contributed by atoms with Crippen molar-refractivity contribution in [1.29, 1.82) is 0 Å². The summed E-state index contributed by atoms with van der Waals surface area (Å²) < 4.78 is 33.6. The van der Waals surface area contributed by atoms with Crippen LogP contribution in [0.3, 0.4) is 0 Å². The summed E-state index contributed by atoms with van der Waals surface area (Å²) in [7, 11) is -2.05. The first-order chi connectivity index (χ1) is 12.4. The minimum absolute atomic E-state index is 0.0600. The van der Waals surface area contributed by atoms with Crippen molar-refractivity contribution >= 4 is 15.9 Å². The average Bonchev–Trinajstić information content (AvgIpc) is 3.21. The van der Waals surface area contributed by atoms with Gasteiger partial charge in [0.2, 0.25) is 15.9 Å². The second-order valence-corrected chi connectivity index (χ2v) is 8.00. The number of carbonyl (C=O) groups excluding carboxylic acids is 1. The molecule has 1 fully saturated rings. The van der Waals surface area contributed by atoms with Crippen LogP contribution in [0.25, 0.3) is 0 Å². The van der Waals surface area contributed by atoms with E-state index in [-0.39, 0.29) is 23.9 Å². The standard InChI is InChI=1S/C17H22N4O4S/c1-14(21-9-3-8-18-21)17(22)19-10-12-20(13-11-19)26(23,24)16-6-4-15(25-2)5-7-16/h3-9,14H,10-13H2,1-2H3/t14-/m0/s1. The van der Waals surface area contributed by atoms with Crippen LogP contribution < -0.4 is 4.74 Å². The maximum absolute atomic E-state index is 12.8. The quantitative estimate of drug-likeness (QED) is 0.775. The molecule has 2 heterocycles. The highest BCUT2D eigenvalue weighted by Gasteiger charge is 2.31. The summed E-state index contributed by atoms with van der Waals surface area (Å²) in [4.78, 5) is 14.5. The van der Waals surface area contributed by atoms with Crippen LogP contribution in [0.15, 0.2) is 47.6 Å². The highest BCUT2D eigenvalue weighted by Crippen LogP contribution is 2.21. The second-order valence-electron chi connectivity index (χ2n) is 6.07. The minimum atomic E-state index is -3.58. The van der Waals surface area contributed by atoms with Crippen LogP contribution in [-0.2, 0) is 14.8 Å². The fourth-order valence-corrected chi connectivity index (χ4v) is 4.35. The van der Waals surface area contributed by atoms with Gasteiger partial charge < -0.3 is 9.64 Å². The topological polar surface area (TPSA) is 84.7 Å². The number of nitrogens with zero attached hydrogens (tertiary/aromatic N) is 4. The molecule has 1 aliphatic heterocycles. The molecule has 1 amide bonds. The second kappa shape index (κ2) is 7.46. The van der Waals surface area contributed by atoms with Crippen molar-refractivity contribution in [3.8, 4) is 5.75 Å². The van der Waals surface area contributed by atoms with Gasteiger partial charge in [0.15, 0.2) is 0 Å². The Balaban J connectivity index is 1.64. The van der Waals surface area contributed by atoms with Gasteiger partial charge in [-0.05, 0) is 37.3 Å². The number of benzene rings is 1. The van der Waals surface area contributed by atoms with Crippen LogP contribution in [0, 0.1) is 0 Å². The van der Waals surface area contributed by atoms with Gasteiger partial charge in [-0.25, -0.2) is 8.42 Å². The molecule has 1 atom stereocenters. The first kappa shape index (κ1) is 18.4. The van der Waals surface area contributed by atoms with Crippen molar-refractivity contribution < 1.29 is 17.9 Å². The fraction of sp³-hybridized carbons (Fsp3) is 0.412. The highest BCUT2D eigenvalue weighted by atomic mass is 32.2. The maximum atomic E-state index is 12.8. The first-order valence-corrected chi connectivity index (χ1v) is 9.79. The summed E-state index contributed by atoms with van der Waals surface area (Å²) in [5.41, 5.74) is 0. The predicted molar refractivity (Wildman–Crippen MR) is 95.3 cm³/mol. The van der Waals surface area contributed by atoms with Gasteiger partial charge in [0.05, 0.1) is 12.0 Å². The van der Waals surface area contributed by atoms with Gasteiger partial charge in [-0.15, -0.1) is 0 Å². The molecule has 26 heavy (non-hydrogen) atoms. The number of carbonyl (C=O) groups is 1. The molecule has 8 nitrogen and oxygen atoms in total. The SMILES string of the molecule is COc1ccc(S(=O)(=O)N2CCN(C(=O)[C@H](C)n3cccn3)CC2)cc1. The lowest BCUT2D eigenvalue weighted by Gasteiger charge is -2.35. The summed E-state index contributed by atoms with van der Waals surface area (Å²) in [6.45, 7) is 3.05. The van der Waals surface area contributed by atoms with Gasteiger partial charge in [0.1, 0.15) is 11.8 Å². The molecule has 0 radical (unpaired) electrons. The van der Waals surface area contributed by atoms with Crippen molar-refractivity contribution in [1.82, 2.24) is 19.0 Å². The van der Waals surface area contributed by atoms with E-state index in [4.69, 9.17) is 4.74 Å². The lowest BCUT2D eigenvalue weighted by molar-refractivity contribution is -0.135. The van der Waals surface area contributed by atoms with Gasteiger partial charge in [-0.1, -0.05) is 0 Å². The number of amides is 1. The summed E-state index contributed by atoms with van der Waals surface area (Å²) in [6.07, 6.45) is 3.37. The molecular weight excluding hydrogens is 356 g/mol. The fourth-order valence-electron chi connectivity index (χ4n) is 2.93. The predicted octanol–water partition coefficient (Wildman–Crippen LogP) is 0.986. The molecule has 1 aromatic heterocycles. The third-order valence-corrected chi connectivity index (χ3v) is 6.44. The van der Waals surface area contributed by atoms with Crippen molar-refractivity contribution in [3.63, 3.8) is 0 Å². The first-order valence-electron chi connectivity index (χ1n) is 8.35. The van der Waals surface area contributed by atoms with E-state index in [2.05, 4.69) is 5.10 Å². The van der Waals surface area contributed by atoms with E-state index in [1.165, 1.54) is 23.5 Å². The van der Waals surface area contributed by atoms with Gasteiger partial charge in [0, 0.05) is 38.6 Å². The molecular formula is C17H22N4O4S. The summed E-state index contributed by atoms with van der Waals surface area (Å²) >= 11 is 0. The Morgan fingerprint density at radius 2 is 1.81 bits per heavy atom. The molecule has 0 aliphatic carbocycles. The Morgan fingerprint density at radius 1 is 1.15 bits per heavy atom. The number of piperazine rings is 1. The number of sulfonamides is 1. The number of rotatable bonds is 5. The lowest BCUT2D eigenvalue weighted by atomic mass is 10.2. The highest BCUT2D eigenvalue weighted by molar-refractivity contribution is 7.89. The van der Waals surface area contributed by atoms with Crippen LogP contribution in [0.2, 0.25) is 0 Å². The zero-order valence-electron chi connectivity index (χ0n) is 14.8. The molecule has 3 rings (SSSR count). The van der Waals surface area contributed by atoms with Crippen molar-refractivity contribution in [3.05, 3.63) is 42.7 Å². The Hall–Kier alpha value is -2.39. The molecule has 1 aromatic carbocycles. The van der Waals surface area contributed by atoms with Crippen LogP contribution in [0.4, 0.5) is 0 Å². The largest absolute Gasteiger partial charge is 0.497 e. The van der Waals surface area contributed by atoms with Gasteiger partial charge in [-0.3, -0.25) is 9.48 Å². The number of ether oxygens (including phenoxy) is 1. The van der Waals surface area contributed by atoms with E-state index in [1.807, 2.05) is 0 Å². The van der Waals surface area contributed by atoms with Crippen LogP contribution in [-0.4, -0.2) is 66.6 Å². The van der Waals surface area contributed by atoms with Crippen LogP contribution in [0.5, 0.6) is 5.75 Å². The molecule has 0 spiro atoms. The molecule has 0 N–H and O–H groups in total. The average molecular weight is 378 g/mol. The Morgan fingerprint density at radius 3 is 2.35 bits per heavy atom. The van der Waals surface area contributed by atoms with E-state index >= 15 is 0 Å². The molecule has 1 aliphatic rings. The Bertz CT molecular complexity index is 841. The lowest BCUT2D eigenvalue weighted by Crippen LogP contribution is -2.51.